The highest BCUT2D eigenvalue weighted by molar-refractivity contribution is 7.99. The van der Waals surface area contributed by atoms with Gasteiger partial charge in [-0.1, -0.05) is 75.0 Å². The van der Waals surface area contributed by atoms with Crippen LogP contribution in [0.4, 0.5) is 0 Å². The van der Waals surface area contributed by atoms with Crippen molar-refractivity contribution in [2.75, 3.05) is 62.7 Å². The number of carbonyl (C=O) groups excluding carboxylic acids is 14. The molecule has 20 atom stereocenters. The smallest absolute Gasteiger partial charge is 0.303 e. The minimum absolute atomic E-state index is 0.122. The van der Waals surface area contributed by atoms with Gasteiger partial charge in [0.1, 0.15) is 63.1 Å². The third-order valence-corrected chi connectivity index (χ3v) is 26.5. The molecule has 0 saturated carbocycles. The van der Waals surface area contributed by atoms with Crippen molar-refractivity contribution in [2.45, 2.75) is 333 Å². The molecule has 0 aromatic carbocycles. The minimum atomic E-state index is -1.80. The molecule has 0 amide bonds. The first-order chi connectivity index (χ1) is 55.4. The fraction of sp³-hybridized carbons (Fsp3) is 0.816. The van der Waals surface area contributed by atoms with Crippen molar-refractivity contribution < 1.29 is 171 Å². The average molecular weight is 1760 g/mol. The molecule has 0 spiro atoms. The van der Waals surface area contributed by atoms with Gasteiger partial charge in [0.15, 0.2) is 86.2 Å². The molecule has 4 aliphatic rings. The van der Waals surface area contributed by atoms with E-state index in [2.05, 4.69) is 13.1 Å². The van der Waals surface area contributed by atoms with E-state index in [4.69, 9.17) is 104 Å². The van der Waals surface area contributed by atoms with E-state index in [9.17, 15) is 67.1 Å². The van der Waals surface area contributed by atoms with Crippen LogP contribution in [-0.4, -0.2) is 296 Å². The fourth-order valence-corrected chi connectivity index (χ4v) is 21.0. The molecule has 4 aliphatic heterocycles. The molecular formula is C76H120O36S2Si3. The van der Waals surface area contributed by atoms with E-state index < -0.39 is 241 Å². The second-order valence-electron chi connectivity index (χ2n) is 29.0. The number of hydrogen-bond donors (Lipinski definition) is 0. The number of unbranched alkanes of at least 4 members (excludes halogenated alkanes) is 4. The molecule has 664 valence electrons. The first kappa shape index (κ1) is 103. The standard InChI is InChI=1S/C76H120O36S2Si3/c1-43(77)93-39-57-61(97-47(5)81)65(99-49(7)83)71(105-55(13)89)75(109-57)111-63-59(41-95-45(3)79)107-73(69(103-53(11)87)67(63)101-51(9)85)91-27-19-17-21-29-113-31-23-33-115-35-25-37-117(15,16)38-26-36-116-34-24-32-114-30-22-18-20-28-92-74-70(104-54(12)88)68(102-52(10)86)64(60(108-74)42-96-46(4)80)112-76-72(106-56(14)90)66(100-50(8)84)62(98-48(6)82)58(110-76)40-94-44(2)78/h57-76H,17-42H2,1-16H3/t57-,58-,59-,60-,61+,62+,63-,64-,65+,66+,67+,68+,69-,70-,71-,72-,73-,74-,75+,76+/m1/s1. The van der Waals surface area contributed by atoms with Crippen molar-refractivity contribution in [3.63, 3.8) is 0 Å². The SMILES string of the molecule is CC(=O)OC[C@H]1O[C@@H](O[C@H]2[C@H](OC(C)=O)[C@@H](OC(C)=O)[C@H](OCCCCCSCCC[Si]CCC[Si](C)(C)CCC[Si]CCCSCCCCCO[C@@H]3O[C@H](COC(C)=O)[C@@H](O[C@@H]4O[C@H](COC(C)=O)[C@H](OC(C)=O)[C@H](OC(C)=O)[C@H]4OC(C)=O)[C@H](OC(C)=O)[C@H]3OC(C)=O)O[C@@H]2COC(C)=O)[C@H](OC(C)=O)[C@@H](OC(C)=O)[C@H]1OC(C)=O. The van der Waals surface area contributed by atoms with Crippen LogP contribution in [0.5, 0.6) is 0 Å². The lowest BCUT2D eigenvalue weighted by Crippen LogP contribution is -2.67. The summed E-state index contributed by atoms with van der Waals surface area (Å²) in [5, 5.41) is 0. The molecule has 117 heavy (non-hydrogen) atoms. The van der Waals surface area contributed by atoms with Gasteiger partial charge in [-0.15, -0.1) is 0 Å². The molecule has 4 fully saturated rings. The summed E-state index contributed by atoms with van der Waals surface area (Å²) in [4.78, 5) is 175. The van der Waals surface area contributed by atoms with Crippen LogP contribution in [0.15, 0.2) is 0 Å². The van der Waals surface area contributed by atoms with Gasteiger partial charge in [-0.2, -0.15) is 23.5 Å². The number of esters is 14. The van der Waals surface area contributed by atoms with Crippen LogP contribution in [-0.2, 0) is 171 Å². The molecule has 0 aromatic heterocycles. The van der Waals surface area contributed by atoms with Gasteiger partial charge in [0.25, 0.3) is 0 Å². The first-order valence-corrected chi connectivity index (χ1v) is 47.9. The second kappa shape index (κ2) is 54.8. The molecule has 0 unspecified atom stereocenters. The zero-order valence-electron chi connectivity index (χ0n) is 69.9. The lowest BCUT2D eigenvalue weighted by molar-refractivity contribution is -0.361. The van der Waals surface area contributed by atoms with Crippen LogP contribution in [0.3, 0.4) is 0 Å². The Morgan fingerprint density at radius 1 is 0.265 bits per heavy atom. The van der Waals surface area contributed by atoms with Crippen molar-refractivity contribution in [2.24, 2.45) is 0 Å². The third kappa shape index (κ3) is 40.2. The van der Waals surface area contributed by atoms with Crippen LogP contribution in [0.25, 0.3) is 0 Å². The van der Waals surface area contributed by atoms with Crippen LogP contribution >= 0.6 is 23.5 Å². The summed E-state index contributed by atoms with van der Waals surface area (Å²) >= 11 is 3.81. The normalized spacial score (nSPS) is 26.9. The van der Waals surface area contributed by atoms with Crippen LogP contribution in [0, 0.1) is 0 Å². The van der Waals surface area contributed by atoms with Crippen molar-refractivity contribution in [1.82, 2.24) is 0 Å². The largest absolute Gasteiger partial charge is 0.463 e. The highest BCUT2D eigenvalue weighted by Gasteiger charge is 2.60. The van der Waals surface area contributed by atoms with E-state index in [0.717, 1.165) is 178 Å². The zero-order valence-corrected chi connectivity index (χ0v) is 74.6. The summed E-state index contributed by atoms with van der Waals surface area (Å²) in [6, 6.07) is 7.57. The van der Waals surface area contributed by atoms with E-state index in [1.807, 2.05) is 23.5 Å². The van der Waals surface area contributed by atoms with Crippen LogP contribution in [0.1, 0.15) is 161 Å². The average Bonchev–Trinajstić information content (AvgIpc) is 0.769. The molecule has 4 saturated heterocycles. The van der Waals surface area contributed by atoms with Crippen molar-refractivity contribution in [1.29, 1.82) is 0 Å². The van der Waals surface area contributed by atoms with Crippen LogP contribution < -0.4 is 0 Å². The molecule has 41 heteroatoms. The molecule has 0 aliphatic carbocycles. The Morgan fingerprint density at radius 3 is 0.778 bits per heavy atom. The maximum atomic E-state index is 12.9. The van der Waals surface area contributed by atoms with E-state index in [1.54, 1.807) is 0 Å². The maximum Gasteiger partial charge on any atom is 0.303 e. The minimum Gasteiger partial charge on any atom is -0.463 e. The monoisotopic (exact) mass is 1760 g/mol. The predicted octanol–water partition coefficient (Wildman–Crippen LogP) is 6.42. The molecule has 0 bridgehead atoms. The Hall–Kier alpha value is -6.39. The Balaban J connectivity index is 1.15. The molecule has 36 nitrogen and oxygen atoms in total. The summed E-state index contributed by atoms with van der Waals surface area (Å²) in [6.45, 7) is 18.3. The van der Waals surface area contributed by atoms with Crippen LogP contribution in [0.2, 0.25) is 49.4 Å². The van der Waals surface area contributed by atoms with E-state index in [0.29, 0.717) is 12.8 Å². The summed E-state index contributed by atoms with van der Waals surface area (Å²) in [5.74, 6) is -7.65. The molecule has 0 aromatic rings. The quantitative estimate of drug-likeness (QED) is 0.0274. The number of ether oxygens (including phenoxy) is 22. The second-order valence-corrected chi connectivity index (χ2v) is 39.8. The summed E-state index contributed by atoms with van der Waals surface area (Å²) in [6.07, 6.45) is -21.6. The predicted molar refractivity (Wildman–Crippen MR) is 417 cm³/mol. The molecule has 4 radical (unpaired) electrons. The lowest BCUT2D eigenvalue weighted by atomic mass is 9.96. The number of thioether (sulfide) groups is 2. The van der Waals surface area contributed by atoms with Gasteiger partial charge in [0, 0.05) is 137 Å². The lowest BCUT2D eigenvalue weighted by Gasteiger charge is -2.48. The third-order valence-electron chi connectivity index (χ3n) is 17.9. The van der Waals surface area contributed by atoms with E-state index in [1.165, 1.54) is 49.1 Å². The highest BCUT2D eigenvalue weighted by atomic mass is 32.2. The molecule has 0 N–H and O–H groups in total. The summed E-state index contributed by atoms with van der Waals surface area (Å²) < 4.78 is 127. The highest BCUT2D eigenvalue weighted by Crippen LogP contribution is 2.39. The van der Waals surface area contributed by atoms with Gasteiger partial charge >= 0.3 is 83.6 Å². The Bertz CT molecular complexity index is 2970. The van der Waals surface area contributed by atoms with Crippen molar-refractivity contribution in [3.05, 3.63) is 0 Å². The molecular weight excluding hydrogens is 1640 g/mol. The Kier molecular flexibility index (Phi) is 48.2. The summed E-state index contributed by atoms with van der Waals surface area (Å²) in [7, 11) is 0.566. The fourth-order valence-electron chi connectivity index (χ4n) is 13.1. The molecule has 4 rings (SSSR count). The van der Waals surface area contributed by atoms with Gasteiger partial charge in [0.2, 0.25) is 0 Å². The maximum absolute atomic E-state index is 12.9. The first-order valence-electron chi connectivity index (χ1n) is 39.3. The Labute approximate surface area is 698 Å². The van der Waals surface area contributed by atoms with E-state index in [-0.39, 0.29) is 13.2 Å². The van der Waals surface area contributed by atoms with E-state index >= 15 is 0 Å². The van der Waals surface area contributed by atoms with Crippen molar-refractivity contribution in [3.8, 4) is 0 Å². The summed E-state index contributed by atoms with van der Waals surface area (Å²) in [5.41, 5.74) is 0. The van der Waals surface area contributed by atoms with Crippen molar-refractivity contribution >= 4 is 134 Å². The number of hydrogen-bond acceptors (Lipinski definition) is 38. The van der Waals surface area contributed by atoms with Gasteiger partial charge in [-0.05, 0) is 61.5 Å². The van der Waals surface area contributed by atoms with Gasteiger partial charge in [0.05, 0.1) is 0 Å². The van der Waals surface area contributed by atoms with Gasteiger partial charge in [-0.3, -0.25) is 67.1 Å². The number of carbonyl (C=O) groups is 14. The number of rotatable bonds is 52. The Morgan fingerprint density at radius 2 is 0.496 bits per heavy atom. The van der Waals surface area contributed by atoms with Gasteiger partial charge in [-0.25, -0.2) is 0 Å². The molecule has 4 heterocycles. The van der Waals surface area contributed by atoms with Gasteiger partial charge < -0.3 is 104 Å². The topological polar surface area (TPSA) is 442 Å². The zero-order chi connectivity index (χ0) is 86.9.